The number of aryl methyl sites for hydroxylation is 2. The smallest absolute Gasteiger partial charge is 0.287 e. The molecule has 0 saturated carbocycles. The van der Waals surface area contributed by atoms with Crippen LogP contribution in [0.25, 0.3) is 0 Å². The molecule has 8 heteroatoms. The van der Waals surface area contributed by atoms with E-state index in [2.05, 4.69) is 15.0 Å². The molecule has 3 aromatic carbocycles. The Morgan fingerprint density at radius 3 is 2.52 bits per heavy atom. The molecular weight excluding hydrogens is 410 g/mol. The van der Waals surface area contributed by atoms with E-state index in [1.54, 1.807) is 36.4 Å². The summed E-state index contributed by atoms with van der Waals surface area (Å²) < 4.78 is 35.2. The average Bonchev–Trinajstić information content (AvgIpc) is 2.66. The number of rotatable bonds is 3. The summed E-state index contributed by atoms with van der Waals surface area (Å²) in [6.45, 7) is 3.93. The van der Waals surface area contributed by atoms with Crippen molar-refractivity contribution in [2.45, 2.75) is 18.7 Å². The molecule has 0 fully saturated rings. The van der Waals surface area contributed by atoms with Gasteiger partial charge in [-0.3, -0.25) is 0 Å². The molecule has 1 aliphatic rings. The van der Waals surface area contributed by atoms with Gasteiger partial charge in [-0.2, -0.15) is 8.42 Å². The van der Waals surface area contributed by atoms with Gasteiger partial charge in [-0.1, -0.05) is 47.5 Å². The predicted octanol–water partition coefficient (Wildman–Crippen LogP) is 5.33. The Morgan fingerprint density at radius 1 is 1.00 bits per heavy atom. The van der Waals surface area contributed by atoms with Crippen LogP contribution in [0.1, 0.15) is 11.1 Å². The highest BCUT2D eigenvalue weighted by Crippen LogP contribution is 2.39. The number of halogens is 1. The van der Waals surface area contributed by atoms with Gasteiger partial charge in [-0.25, -0.2) is 0 Å². The summed E-state index contributed by atoms with van der Waals surface area (Å²) in [6.07, 6.45) is 0. The predicted molar refractivity (Wildman–Crippen MR) is 116 cm³/mol. The van der Waals surface area contributed by atoms with E-state index in [4.69, 9.17) is 16.3 Å². The van der Waals surface area contributed by atoms with E-state index in [0.717, 1.165) is 16.8 Å². The van der Waals surface area contributed by atoms with Crippen molar-refractivity contribution in [3.63, 3.8) is 0 Å². The Morgan fingerprint density at radius 2 is 1.76 bits per heavy atom. The van der Waals surface area contributed by atoms with Crippen molar-refractivity contribution in [2.75, 3.05) is 10.6 Å². The highest BCUT2D eigenvalue weighted by Gasteiger charge is 2.28. The molecule has 4 rings (SSSR count). The molecule has 3 aromatic rings. The lowest BCUT2D eigenvalue weighted by Gasteiger charge is -2.22. The van der Waals surface area contributed by atoms with Crippen LogP contribution >= 0.6 is 11.6 Å². The van der Waals surface area contributed by atoms with Gasteiger partial charge in [0.25, 0.3) is 10.0 Å². The number of nitrogens with zero attached hydrogens (tertiary/aromatic N) is 1. The minimum Gasteiger partial charge on any atom is -0.454 e. The van der Waals surface area contributed by atoms with Crippen molar-refractivity contribution in [3.8, 4) is 11.5 Å². The minimum atomic E-state index is -3.91. The number of nitrogens with one attached hydrogen (secondary N) is 2. The van der Waals surface area contributed by atoms with Crippen molar-refractivity contribution in [1.29, 1.82) is 0 Å². The molecule has 6 nitrogen and oxygen atoms in total. The third-order valence-electron chi connectivity index (χ3n) is 4.41. The summed E-state index contributed by atoms with van der Waals surface area (Å²) in [5.41, 5.74) is 3.14. The highest BCUT2D eigenvalue weighted by molar-refractivity contribution is 7.90. The topological polar surface area (TPSA) is 79.8 Å². The Balaban J connectivity index is 1.71. The molecule has 0 amide bonds. The molecule has 0 saturated heterocycles. The second-order valence-corrected chi connectivity index (χ2v) is 8.62. The zero-order valence-electron chi connectivity index (χ0n) is 15.7. The second-order valence-electron chi connectivity index (χ2n) is 6.65. The first-order chi connectivity index (χ1) is 13.8. The zero-order valence-corrected chi connectivity index (χ0v) is 17.3. The highest BCUT2D eigenvalue weighted by atomic mass is 35.5. The average molecular weight is 428 g/mol. The Labute approximate surface area is 174 Å². The van der Waals surface area contributed by atoms with Crippen LogP contribution in [0.3, 0.4) is 0 Å². The Hall–Kier alpha value is -3.03. The number of sulfonamides is 1. The molecule has 148 valence electrons. The van der Waals surface area contributed by atoms with E-state index in [-0.39, 0.29) is 10.9 Å². The van der Waals surface area contributed by atoms with Crippen LogP contribution in [0.15, 0.2) is 70.0 Å². The number of hydrogen-bond acceptors (Lipinski definition) is 5. The van der Waals surface area contributed by atoms with E-state index in [1.165, 1.54) is 6.07 Å². The molecule has 0 unspecified atom stereocenters. The first-order valence-corrected chi connectivity index (χ1v) is 10.7. The van der Waals surface area contributed by atoms with Crippen molar-refractivity contribution in [3.05, 3.63) is 76.8 Å². The number of guanidine groups is 1. The van der Waals surface area contributed by atoms with Gasteiger partial charge in [0.05, 0.1) is 5.02 Å². The van der Waals surface area contributed by atoms with Gasteiger partial charge in [0, 0.05) is 5.69 Å². The van der Waals surface area contributed by atoms with E-state index >= 15 is 0 Å². The molecule has 0 spiro atoms. The standard InChI is InChI=1S/C21H18ClN3O3S/c1-13-10-11-16(14(2)12-13)23-21-24-20-18(28-17-7-4-3-6-15(17)22)8-5-9-19(20)29(26,27)25-21/h3-12H,1-2H3,(H2,23,24,25). The van der Waals surface area contributed by atoms with Crippen molar-refractivity contribution in [1.82, 2.24) is 0 Å². The number of hydrogen-bond donors (Lipinski definition) is 2. The number of fused-ring (bicyclic) bond motifs is 1. The molecule has 0 bridgehead atoms. The zero-order chi connectivity index (χ0) is 20.6. The van der Waals surface area contributed by atoms with Crippen molar-refractivity contribution in [2.24, 2.45) is 4.40 Å². The summed E-state index contributed by atoms with van der Waals surface area (Å²) in [5, 5.41) is 6.52. The molecule has 1 heterocycles. The van der Waals surface area contributed by atoms with Gasteiger partial charge < -0.3 is 15.4 Å². The third kappa shape index (κ3) is 3.92. The van der Waals surface area contributed by atoms with Crippen molar-refractivity contribution >= 4 is 39.0 Å². The monoisotopic (exact) mass is 427 g/mol. The molecule has 0 aliphatic carbocycles. The molecule has 0 atom stereocenters. The fourth-order valence-electron chi connectivity index (χ4n) is 3.03. The van der Waals surface area contributed by atoms with Gasteiger partial charge in [-0.05, 0) is 49.7 Å². The molecule has 0 aromatic heterocycles. The first kappa shape index (κ1) is 19.3. The van der Waals surface area contributed by atoms with Crippen LogP contribution in [0.2, 0.25) is 5.02 Å². The van der Waals surface area contributed by atoms with Crippen LogP contribution in [-0.4, -0.2) is 14.4 Å². The summed E-state index contributed by atoms with van der Waals surface area (Å²) in [5.74, 6) is 0.849. The van der Waals surface area contributed by atoms with E-state index in [1.807, 2.05) is 32.0 Å². The van der Waals surface area contributed by atoms with Gasteiger partial charge >= 0.3 is 0 Å². The molecular formula is C21H18ClN3O3S. The maximum absolute atomic E-state index is 12.7. The number of ether oxygens (including phenoxy) is 1. The maximum atomic E-state index is 12.7. The number of anilines is 2. The summed E-state index contributed by atoms with van der Waals surface area (Å²) in [6, 6.07) is 17.6. The quantitative estimate of drug-likeness (QED) is 0.590. The summed E-state index contributed by atoms with van der Waals surface area (Å²) in [7, 11) is -3.91. The van der Waals surface area contributed by atoms with Crippen molar-refractivity contribution < 1.29 is 13.2 Å². The third-order valence-corrected chi connectivity index (χ3v) is 6.04. The number of para-hydroxylation sites is 2. The molecule has 29 heavy (non-hydrogen) atoms. The van der Waals surface area contributed by atoms with E-state index < -0.39 is 10.0 Å². The van der Waals surface area contributed by atoms with E-state index in [9.17, 15) is 8.42 Å². The summed E-state index contributed by atoms with van der Waals surface area (Å²) >= 11 is 6.18. The van der Waals surface area contributed by atoms with Crippen LogP contribution < -0.4 is 15.4 Å². The maximum Gasteiger partial charge on any atom is 0.287 e. The van der Waals surface area contributed by atoms with Crippen LogP contribution in [0, 0.1) is 13.8 Å². The molecule has 0 radical (unpaired) electrons. The lowest BCUT2D eigenvalue weighted by Crippen LogP contribution is -2.28. The van der Waals surface area contributed by atoms with Gasteiger partial charge in [-0.15, -0.1) is 4.40 Å². The lowest BCUT2D eigenvalue weighted by molar-refractivity contribution is 0.483. The van der Waals surface area contributed by atoms with Gasteiger partial charge in [0.15, 0.2) is 5.75 Å². The summed E-state index contributed by atoms with van der Waals surface area (Å²) in [4.78, 5) is 0.0354. The Bertz CT molecular complexity index is 1240. The van der Waals surface area contributed by atoms with Gasteiger partial charge in [0.2, 0.25) is 5.96 Å². The molecule has 1 aliphatic heterocycles. The fraction of sp³-hybridized carbons (Fsp3) is 0.0952. The molecule has 2 N–H and O–H groups in total. The second kappa shape index (κ2) is 7.42. The first-order valence-electron chi connectivity index (χ1n) is 8.85. The SMILES string of the molecule is Cc1ccc(NC2=NS(=O)(=O)c3cccc(Oc4ccccc4Cl)c3N2)c(C)c1. The normalized spacial score (nSPS) is 14.4. The number of benzene rings is 3. The van der Waals surface area contributed by atoms with E-state index in [0.29, 0.717) is 22.2 Å². The van der Waals surface area contributed by atoms with Gasteiger partial charge in [0.1, 0.15) is 16.3 Å². The Kier molecular flexibility index (Phi) is 4.94. The van der Waals surface area contributed by atoms with Crippen LogP contribution in [-0.2, 0) is 10.0 Å². The minimum absolute atomic E-state index is 0.0354. The lowest BCUT2D eigenvalue weighted by atomic mass is 10.1. The van der Waals surface area contributed by atoms with Crippen LogP contribution in [0.4, 0.5) is 11.4 Å². The van der Waals surface area contributed by atoms with Crippen LogP contribution in [0.5, 0.6) is 11.5 Å². The fourth-order valence-corrected chi connectivity index (χ4v) is 4.29. The largest absolute Gasteiger partial charge is 0.454 e.